The Morgan fingerprint density at radius 1 is 1.25 bits per heavy atom. The number of ether oxygens (including phenoxy) is 1. The number of amides is 1. The largest absolute Gasteiger partial charge is 0.469 e. The van der Waals surface area contributed by atoms with Crippen LogP contribution in [0.4, 0.5) is 0 Å². The number of hydrogen-bond donors (Lipinski definition) is 0. The van der Waals surface area contributed by atoms with E-state index in [2.05, 4.69) is 4.74 Å². The number of methoxy groups -OCH3 is 1. The molecule has 1 aliphatic rings. The first-order chi connectivity index (χ1) is 7.56. The van der Waals surface area contributed by atoms with Crippen LogP contribution in [0.15, 0.2) is 0 Å². The molecule has 0 radical (unpaired) electrons. The van der Waals surface area contributed by atoms with Crippen LogP contribution >= 0.6 is 0 Å². The van der Waals surface area contributed by atoms with Gasteiger partial charge < -0.3 is 9.64 Å². The van der Waals surface area contributed by atoms with E-state index < -0.39 is 0 Å². The molecule has 0 aromatic carbocycles. The monoisotopic (exact) mass is 227 g/mol. The first-order valence-corrected chi connectivity index (χ1v) is 5.92. The third-order valence-corrected chi connectivity index (χ3v) is 3.38. The van der Waals surface area contributed by atoms with Crippen LogP contribution in [0, 0.1) is 11.8 Å². The van der Waals surface area contributed by atoms with Gasteiger partial charge in [-0.05, 0) is 18.8 Å². The predicted octanol–water partition coefficient (Wildman–Crippen LogP) is 1.44. The number of hydrogen-bond acceptors (Lipinski definition) is 3. The third-order valence-electron chi connectivity index (χ3n) is 3.38. The highest BCUT2D eigenvalue weighted by molar-refractivity contribution is 5.80. The van der Waals surface area contributed by atoms with Crippen LogP contribution in [-0.4, -0.2) is 37.0 Å². The second-order valence-electron chi connectivity index (χ2n) is 4.58. The lowest BCUT2D eigenvalue weighted by Crippen LogP contribution is -2.35. The first-order valence-electron chi connectivity index (χ1n) is 5.92. The van der Waals surface area contributed by atoms with Gasteiger partial charge in [-0.15, -0.1) is 0 Å². The fourth-order valence-corrected chi connectivity index (χ4v) is 1.99. The number of nitrogens with zero attached hydrogens (tertiary/aromatic N) is 1. The summed E-state index contributed by atoms with van der Waals surface area (Å²) < 4.78 is 4.61. The highest BCUT2D eigenvalue weighted by Crippen LogP contribution is 2.20. The summed E-state index contributed by atoms with van der Waals surface area (Å²) in [6.07, 6.45) is 2.52. The zero-order valence-corrected chi connectivity index (χ0v) is 10.4. The van der Waals surface area contributed by atoms with E-state index in [9.17, 15) is 9.59 Å². The average molecular weight is 227 g/mol. The van der Waals surface area contributed by atoms with Crippen LogP contribution in [-0.2, 0) is 14.3 Å². The van der Waals surface area contributed by atoms with E-state index in [0.717, 1.165) is 25.9 Å². The van der Waals surface area contributed by atoms with Gasteiger partial charge in [-0.25, -0.2) is 0 Å². The quantitative estimate of drug-likeness (QED) is 0.683. The normalized spacial score (nSPS) is 19.3. The molecule has 1 heterocycles. The van der Waals surface area contributed by atoms with Crippen LogP contribution < -0.4 is 0 Å². The molecule has 0 aliphatic carbocycles. The fourth-order valence-electron chi connectivity index (χ4n) is 1.99. The van der Waals surface area contributed by atoms with E-state index in [1.165, 1.54) is 7.11 Å². The third kappa shape index (κ3) is 3.22. The van der Waals surface area contributed by atoms with Gasteiger partial charge in [-0.1, -0.05) is 13.8 Å². The molecule has 0 N–H and O–H groups in total. The highest BCUT2D eigenvalue weighted by Gasteiger charge is 2.28. The molecule has 0 aromatic rings. The van der Waals surface area contributed by atoms with Gasteiger partial charge in [-0.3, -0.25) is 9.59 Å². The molecule has 1 rings (SSSR count). The molecule has 92 valence electrons. The predicted molar refractivity (Wildman–Crippen MR) is 60.8 cm³/mol. The number of carbonyl (C=O) groups excluding carboxylic acids is 2. The number of likely N-dealkylation sites (tertiary alicyclic amines) is 1. The van der Waals surface area contributed by atoms with Crippen LogP contribution in [0.1, 0.15) is 33.1 Å². The van der Waals surface area contributed by atoms with Crippen molar-refractivity contribution in [2.45, 2.75) is 33.1 Å². The topological polar surface area (TPSA) is 46.6 Å². The van der Waals surface area contributed by atoms with Crippen LogP contribution in [0.2, 0.25) is 0 Å². The van der Waals surface area contributed by atoms with Gasteiger partial charge in [0, 0.05) is 25.4 Å². The Kier molecular flexibility index (Phi) is 4.77. The SMILES string of the molecule is COC(=O)C[C@H](C)[C@@H](C)C(=O)N1CCCC1. The zero-order valence-electron chi connectivity index (χ0n) is 10.4. The van der Waals surface area contributed by atoms with Gasteiger partial charge in [-0.2, -0.15) is 0 Å². The fraction of sp³-hybridized carbons (Fsp3) is 0.833. The standard InChI is InChI=1S/C12H21NO3/c1-9(8-11(14)16-3)10(2)12(15)13-6-4-5-7-13/h9-10H,4-8H2,1-3H3/t9-,10+/m0/s1. The summed E-state index contributed by atoms with van der Waals surface area (Å²) in [5.41, 5.74) is 0. The number of rotatable bonds is 4. The Labute approximate surface area is 96.9 Å². The van der Waals surface area contributed by atoms with Crippen LogP contribution in [0.3, 0.4) is 0 Å². The molecule has 4 nitrogen and oxygen atoms in total. The number of esters is 1. The lowest BCUT2D eigenvalue weighted by Gasteiger charge is -2.24. The molecular formula is C12H21NO3. The molecule has 16 heavy (non-hydrogen) atoms. The van der Waals surface area contributed by atoms with Crippen molar-refractivity contribution in [2.24, 2.45) is 11.8 Å². The first kappa shape index (κ1) is 13.0. The second-order valence-corrected chi connectivity index (χ2v) is 4.58. The molecule has 0 saturated carbocycles. The maximum atomic E-state index is 12.0. The van der Waals surface area contributed by atoms with E-state index in [0.29, 0.717) is 6.42 Å². The maximum absolute atomic E-state index is 12.0. The van der Waals surface area contributed by atoms with Crippen LogP contribution in [0.5, 0.6) is 0 Å². The van der Waals surface area contributed by atoms with Crippen LogP contribution in [0.25, 0.3) is 0 Å². The Morgan fingerprint density at radius 2 is 1.81 bits per heavy atom. The van der Waals surface area contributed by atoms with Crippen molar-refractivity contribution in [1.82, 2.24) is 4.90 Å². The minimum absolute atomic E-state index is 0.0422. The minimum atomic E-state index is -0.242. The zero-order chi connectivity index (χ0) is 12.1. The lowest BCUT2D eigenvalue weighted by atomic mass is 9.91. The summed E-state index contributed by atoms with van der Waals surface area (Å²) in [6.45, 7) is 5.56. The molecule has 1 fully saturated rings. The summed E-state index contributed by atoms with van der Waals surface area (Å²) in [6, 6.07) is 0. The van der Waals surface area contributed by atoms with Crippen molar-refractivity contribution in [3.8, 4) is 0 Å². The molecule has 1 aliphatic heterocycles. The molecule has 0 spiro atoms. The summed E-state index contributed by atoms with van der Waals surface area (Å²) in [5.74, 6) is -0.125. The number of carbonyl (C=O) groups is 2. The van der Waals surface area contributed by atoms with Gasteiger partial charge >= 0.3 is 5.97 Å². The van der Waals surface area contributed by atoms with Crippen molar-refractivity contribution in [3.05, 3.63) is 0 Å². The second kappa shape index (κ2) is 5.87. The molecular weight excluding hydrogens is 206 g/mol. The van der Waals surface area contributed by atoms with Gasteiger partial charge in [0.2, 0.25) is 5.91 Å². The highest BCUT2D eigenvalue weighted by atomic mass is 16.5. The molecule has 0 aromatic heterocycles. The van der Waals surface area contributed by atoms with Crippen molar-refractivity contribution >= 4 is 11.9 Å². The van der Waals surface area contributed by atoms with E-state index in [1.807, 2.05) is 18.7 Å². The van der Waals surface area contributed by atoms with E-state index in [-0.39, 0.29) is 23.7 Å². The van der Waals surface area contributed by atoms with E-state index >= 15 is 0 Å². The summed E-state index contributed by atoms with van der Waals surface area (Å²) in [7, 11) is 1.38. The minimum Gasteiger partial charge on any atom is -0.469 e. The van der Waals surface area contributed by atoms with Gasteiger partial charge in [0.25, 0.3) is 0 Å². The van der Waals surface area contributed by atoms with E-state index in [4.69, 9.17) is 0 Å². The molecule has 1 amide bonds. The van der Waals surface area contributed by atoms with Gasteiger partial charge in [0.1, 0.15) is 0 Å². The Morgan fingerprint density at radius 3 is 2.31 bits per heavy atom. The Bertz CT molecular complexity index is 259. The molecule has 4 heteroatoms. The molecule has 0 bridgehead atoms. The van der Waals surface area contributed by atoms with Gasteiger partial charge in [0.05, 0.1) is 7.11 Å². The van der Waals surface area contributed by atoms with Crippen molar-refractivity contribution in [1.29, 1.82) is 0 Å². The average Bonchev–Trinajstić information content (AvgIpc) is 2.80. The summed E-state index contributed by atoms with van der Waals surface area (Å²) >= 11 is 0. The summed E-state index contributed by atoms with van der Waals surface area (Å²) in [4.78, 5) is 25.1. The smallest absolute Gasteiger partial charge is 0.305 e. The van der Waals surface area contributed by atoms with Crippen molar-refractivity contribution in [2.75, 3.05) is 20.2 Å². The lowest BCUT2D eigenvalue weighted by molar-refractivity contribution is -0.143. The molecule has 2 atom stereocenters. The van der Waals surface area contributed by atoms with Gasteiger partial charge in [0.15, 0.2) is 0 Å². The Balaban J connectivity index is 2.45. The summed E-state index contributed by atoms with van der Waals surface area (Å²) in [5, 5.41) is 0. The maximum Gasteiger partial charge on any atom is 0.305 e. The Hall–Kier alpha value is -1.06. The molecule has 0 unspecified atom stereocenters. The van der Waals surface area contributed by atoms with Crippen molar-refractivity contribution < 1.29 is 14.3 Å². The van der Waals surface area contributed by atoms with Crippen molar-refractivity contribution in [3.63, 3.8) is 0 Å². The van der Waals surface area contributed by atoms with E-state index in [1.54, 1.807) is 0 Å². The molecule has 1 saturated heterocycles.